The van der Waals surface area contributed by atoms with E-state index in [-0.39, 0.29) is 17.7 Å². The number of hydrogen-bond donors (Lipinski definition) is 2. The number of rotatable bonds is 5. The molecule has 0 aliphatic carbocycles. The van der Waals surface area contributed by atoms with E-state index in [1.807, 2.05) is 18.7 Å². The quantitative estimate of drug-likeness (QED) is 0.861. The third-order valence-electron chi connectivity index (χ3n) is 4.59. The van der Waals surface area contributed by atoms with Gasteiger partial charge in [-0.15, -0.1) is 0 Å². The Morgan fingerprint density at radius 2 is 1.83 bits per heavy atom. The number of nitrogens with zero attached hydrogens (tertiary/aromatic N) is 1. The van der Waals surface area contributed by atoms with E-state index in [0.717, 1.165) is 12.8 Å². The molecule has 6 heteroatoms. The summed E-state index contributed by atoms with van der Waals surface area (Å²) in [7, 11) is 0. The molecule has 1 unspecified atom stereocenters. The Hall–Kier alpha value is -1.95. The van der Waals surface area contributed by atoms with Crippen molar-refractivity contribution in [2.75, 3.05) is 19.6 Å². The average Bonchev–Trinajstić information content (AvgIpc) is 2.59. The Morgan fingerprint density at radius 1 is 1.25 bits per heavy atom. The summed E-state index contributed by atoms with van der Waals surface area (Å²) < 4.78 is 13.0. The molecule has 0 saturated carbocycles. The second-order valence-corrected chi connectivity index (χ2v) is 6.71. The molecule has 0 spiro atoms. The monoisotopic (exact) mass is 335 g/mol. The second kappa shape index (κ2) is 8.24. The van der Waals surface area contributed by atoms with Crippen LogP contribution in [0.1, 0.15) is 37.0 Å². The number of nitrogens with one attached hydrogen (secondary N) is 1. The Bertz CT molecular complexity index is 566. The minimum Gasteiger partial charge on any atom is -0.341 e. The minimum atomic E-state index is -0.586. The van der Waals surface area contributed by atoms with Crippen LogP contribution < -0.4 is 11.1 Å². The number of carbonyl (C=O) groups excluding carboxylic acids is 2. The smallest absolute Gasteiger partial charge is 0.251 e. The molecule has 2 rings (SSSR count). The Kier molecular flexibility index (Phi) is 6.31. The molecule has 0 radical (unpaired) electrons. The zero-order chi connectivity index (χ0) is 17.7. The third kappa shape index (κ3) is 4.54. The zero-order valence-electron chi connectivity index (χ0n) is 14.3. The van der Waals surface area contributed by atoms with Gasteiger partial charge in [-0.2, -0.15) is 0 Å². The first-order chi connectivity index (χ1) is 11.4. The lowest BCUT2D eigenvalue weighted by Gasteiger charge is -2.35. The van der Waals surface area contributed by atoms with Crippen molar-refractivity contribution in [1.82, 2.24) is 10.2 Å². The molecule has 132 valence electrons. The second-order valence-electron chi connectivity index (χ2n) is 6.71. The van der Waals surface area contributed by atoms with E-state index in [1.165, 1.54) is 24.3 Å². The fraction of sp³-hybridized carbons (Fsp3) is 0.556. The Balaban J connectivity index is 2.02. The van der Waals surface area contributed by atoms with Crippen molar-refractivity contribution in [3.8, 4) is 0 Å². The number of hydrogen-bond acceptors (Lipinski definition) is 3. The SMILES string of the molecule is CC(C)C(NC(=O)c1ccc(F)cc1)C(=O)N1CCC(CN)CC1. The number of carbonyl (C=O) groups is 2. The summed E-state index contributed by atoms with van der Waals surface area (Å²) in [6.45, 7) is 5.81. The van der Waals surface area contributed by atoms with Crippen LogP contribution in [0.15, 0.2) is 24.3 Å². The van der Waals surface area contributed by atoms with Gasteiger partial charge in [0.05, 0.1) is 0 Å². The maximum absolute atomic E-state index is 13.0. The maximum Gasteiger partial charge on any atom is 0.251 e. The number of amides is 2. The van der Waals surface area contributed by atoms with Crippen LogP contribution in [0.3, 0.4) is 0 Å². The summed E-state index contributed by atoms with van der Waals surface area (Å²) in [5, 5.41) is 2.80. The third-order valence-corrected chi connectivity index (χ3v) is 4.59. The van der Waals surface area contributed by atoms with Crippen molar-refractivity contribution in [3.63, 3.8) is 0 Å². The number of nitrogens with two attached hydrogens (primary N) is 1. The Labute approximate surface area is 142 Å². The number of likely N-dealkylation sites (tertiary alicyclic amines) is 1. The van der Waals surface area contributed by atoms with Crippen molar-refractivity contribution in [1.29, 1.82) is 0 Å². The highest BCUT2D eigenvalue weighted by atomic mass is 19.1. The molecule has 1 saturated heterocycles. The summed E-state index contributed by atoms with van der Waals surface area (Å²) in [6.07, 6.45) is 1.80. The van der Waals surface area contributed by atoms with E-state index < -0.39 is 11.9 Å². The predicted molar refractivity (Wildman–Crippen MR) is 90.9 cm³/mol. The molecule has 1 heterocycles. The molecule has 1 fully saturated rings. The van der Waals surface area contributed by atoms with Gasteiger partial charge in [-0.3, -0.25) is 9.59 Å². The minimum absolute atomic E-state index is 0.0332. The maximum atomic E-state index is 13.0. The van der Waals surface area contributed by atoms with Gasteiger partial charge in [-0.25, -0.2) is 4.39 Å². The van der Waals surface area contributed by atoms with Crippen LogP contribution >= 0.6 is 0 Å². The fourth-order valence-corrected chi connectivity index (χ4v) is 2.93. The fourth-order valence-electron chi connectivity index (χ4n) is 2.93. The summed E-state index contributed by atoms with van der Waals surface area (Å²) in [5.41, 5.74) is 6.03. The molecule has 24 heavy (non-hydrogen) atoms. The highest BCUT2D eigenvalue weighted by Crippen LogP contribution is 2.18. The van der Waals surface area contributed by atoms with Gasteiger partial charge in [0.2, 0.25) is 5.91 Å². The van der Waals surface area contributed by atoms with Gasteiger partial charge in [0.25, 0.3) is 5.91 Å². The van der Waals surface area contributed by atoms with Crippen LogP contribution in [0.2, 0.25) is 0 Å². The normalized spacial score (nSPS) is 17.0. The van der Waals surface area contributed by atoms with Crippen LogP contribution in [0.4, 0.5) is 4.39 Å². The lowest BCUT2D eigenvalue weighted by molar-refractivity contribution is -0.135. The van der Waals surface area contributed by atoms with Gasteiger partial charge in [-0.1, -0.05) is 13.8 Å². The molecule has 0 aromatic heterocycles. The molecular weight excluding hydrogens is 309 g/mol. The van der Waals surface area contributed by atoms with Gasteiger partial charge >= 0.3 is 0 Å². The van der Waals surface area contributed by atoms with Crippen molar-refractivity contribution >= 4 is 11.8 Å². The lowest BCUT2D eigenvalue weighted by Crippen LogP contribution is -2.53. The van der Waals surface area contributed by atoms with Gasteiger partial charge in [-0.05, 0) is 55.5 Å². The summed E-state index contributed by atoms with van der Waals surface area (Å²) in [6, 6.07) is 4.72. The van der Waals surface area contributed by atoms with Gasteiger partial charge in [0.1, 0.15) is 11.9 Å². The standard InChI is InChI=1S/C18H26FN3O2/c1-12(2)16(18(24)22-9-7-13(11-20)8-10-22)21-17(23)14-3-5-15(19)6-4-14/h3-6,12-13,16H,7-11,20H2,1-2H3,(H,21,23). The molecule has 2 amide bonds. The number of benzene rings is 1. The van der Waals surface area contributed by atoms with Gasteiger partial charge in [0.15, 0.2) is 0 Å². The first-order valence-corrected chi connectivity index (χ1v) is 8.47. The van der Waals surface area contributed by atoms with Crippen LogP contribution in [-0.2, 0) is 4.79 Å². The molecule has 0 bridgehead atoms. The number of piperidine rings is 1. The van der Waals surface area contributed by atoms with Crippen LogP contribution in [0, 0.1) is 17.7 Å². The average molecular weight is 335 g/mol. The summed E-state index contributed by atoms with van der Waals surface area (Å²) in [4.78, 5) is 26.9. The van der Waals surface area contributed by atoms with E-state index >= 15 is 0 Å². The van der Waals surface area contributed by atoms with Crippen molar-refractivity contribution in [2.45, 2.75) is 32.7 Å². The highest BCUT2D eigenvalue weighted by molar-refractivity contribution is 5.97. The van der Waals surface area contributed by atoms with Crippen molar-refractivity contribution < 1.29 is 14.0 Å². The predicted octanol–water partition coefficient (Wildman–Crippen LogP) is 1.78. The first-order valence-electron chi connectivity index (χ1n) is 8.47. The van der Waals surface area contributed by atoms with Crippen molar-refractivity contribution in [2.24, 2.45) is 17.6 Å². The highest BCUT2D eigenvalue weighted by Gasteiger charge is 2.31. The number of halogens is 1. The molecule has 3 N–H and O–H groups in total. The van der Waals surface area contributed by atoms with Gasteiger partial charge in [0, 0.05) is 18.7 Å². The lowest BCUT2D eigenvalue weighted by atomic mass is 9.95. The Morgan fingerprint density at radius 3 is 2.33 bits per heavy atom. The molecule has 5 nitrogen and oxygen atoms in total. The van der Waals surface area contributed by atoms with E-state index in [0.29, 0.717) is 31.1 Å². The molecule has 1 aromatic carbocycles. The van der Waals surface area contributed by atoms with Crippen LogP contribution in [0.25, 0.3) is 0 Å². The van der Waals surface area contributed by atoms with Crippen LogP contribution in [-0.4, -0.2) is 42.4 Å². The largest absolute Gasteiger partial charge is 0.341 e. The summed E-state index contributed by atoms with van der Waals surface area (Å²) >= 11 is 0. The van der Waals surface area contributed by atoms with Crippen LogP contribution in [0.5, 0.6) is 0 Å². The van der Waals surface area contributed by atoms with Crippen molar-refractivity contribution in [3.05, 3.63) is 35.6 Å². The molecule has 1 aliphatic heterocycles. The molecule has 1 atom stereocenters. The zero-order valence-corrected chi connectivity index (χ0v) is 14.3. The molecule has 1 aliphatic rings. The van der Waals surface area contributed by atoms with E-state index in [4.69, 9.17) is 5.73 Å². The molecular formula is C18H26FN3O2. The summed E-state index contributed by atoms with van der Waals surface area (Å²) in [5.74, 6) is -0.380. The first kappa shape index (κ1) is 18.4. The molecule has 1 aromatic rings. The van der Waals surface area contributed by atoms with E-state index in [1.54, 1.807) is 0 Å². The van der Waals surface area contributed by atoms with Gasteiger partial charge < -0.3 is 16.0 Å². The van der Waals surface area contributed by atoms with E-state index in [9.17, 15) is 14.0 Å². The topological polar surface area (TPSA) is 75.4 Å². The van der Waals surface area contributed by atoms with E-state index in [2.05, 4.69) is 5.32 Å².